The van der Waals surface area contributed by atoms with Crippen molar-refractivity contribution in [2.75, 3.05) is 33.9 Å². The summed E-state index contributed by atoms with van der Waals surface area (Å²) in [6.07, 6.45) is 2.44. The van der Waals surface area contributed by atoms with E-state index < -0.39 is 5.72 Å². The second-order valence-electron chi connectivity index (χ2n) is 10.1. The van der Waals surface area contributed by atoms with E-state index in [-0.39, 0.29) is 0 Å². The van der Waals surface area contributed by atoms with Gasteiger partial charge in [-0.15, -0.1) is 11.3 Å². The lowest BCUT2D eigenvalue weighted by Gasteiger charge is -2.61. The third-order valence-corrected chi connectivity index (χ3v) is 9.27. The summed E-state index contributed by atoms with van der Waals surface area (Å²) in [6, 6.07) is 14.9. The Hall–Kier alpha value is -2.77. The van der Waals surface area contributed by atoms with Crippen LogP contribution >= 0.6 is 11.3 Å². The normalized spacial score (nSPS) is 31.2. The van der Waals surface area contributed by atoms with Gasteiger partial charge in [0, 0.05) is 53.4 Å². The number of oxime groups is 1. The van der Waals surface area contributed by atoms with Crippen LogP contribution in [0, 0.1) is 17.8 Å². The van der Waals surface area contributed by atoms with E-state index in [1.165, 1.54) is 29.5 Å². The van der Waals surface area contributed by atoms with E-state index in [0.717, 1.165) is 47.5 Å². The summed E-state index contributed by atoms with van der Waals surface area (Å²) >= 11 is 1.77. The number of amidine groups is 1. The molecule has 176 valence electrons. The predicted molar refractivity (Wildman–Crippen MR) is 133 cm³/mol. The Balaban J connectivity index is 1.33. The number of ether oxygens (including phenoxy) is 2. The van der Waals surface area contributed by atoms with Gasteiger partial charge in [0.15, 0.2) is 5.84 Å². The Kier molecular flexibility index (Phi) is 4.61. The van der Waals surface area contributed by atoms with Crippen molar-refractivity contribution in [2.45, 2.75) is 25.1 Å². The third kappa shape index (κ3) is 2.93. The number of rotatable bonds is 5. The zero-order valence-electron chi connectivity index (χ0n) is 19.6. The number of fused-ring (bicyclic) bond motifs is 1. The summed E-state index contributed by atoms with van der Waals surface area (Å²) in [5.41, 5.74) is 1.84. The minimum atomic E-state index is -0.392. The topological polar surface area (TPSA) is 46.5 Å². The summed E-state index contributed by atoms with van der Waals surface area (Å²) in [5, 5.41) is 8.23. The van der Waals surface area contributed by atoms with Crippen LogP contribution in [0.3, 0.4) is 0 Å². The van der Waals surface area contributed by atoms with E-state index in [9.17, 15) is 0 Å². The minimum Gasteiger partial charge on any atom is -0.497 e. The number of hydrogen-bond donors (Lipinski definition) is 0. The first-order chi connectivity index (χ1) is 16.7. The molecule has 4 aliphatic heterocycles. The minimum absolute atomic E-state index is 0.392. The standard InChI is InChI=1S/C27H29N3O3S/c1-31-23-5-3-20(24(12-23)32-2)14-30-26(19-4-6-25-18(11-19)7-8-34-25)28-33-27(30)21-9-17-10-22(27)16-29(13-17)15-21/h3-8,11-12,17,21-22H,9-10,13-16H2,1-2H3. The Morgan fingerprint density at radius 2 is 1.88 bits per heavy atom. The lowest BCUT2D eigenvalue weighted by Crippen LogP contribution is -2.71. The van der Waals surface area contributed by atoms with E-state index in [1.807, 2.05) is 12.1 Å². The zero-order chi connectivity index (χ0) is 22.9. The second kappa shape index (κ2) is 7.62. The van der Waals surface area contributed by atoms with Crippen molar-refractivity contribution in [1.82, 2.24) is 9.80 Å². The highest BCUT2D eigenvalue weighted by atomic mass is 32.1. The van der Waals surface area contributed by atoms with Crippen molar-refractivity contribution < 1.29 is 14.3 Å². The monoisotopic (exact) mass is 475 g/mol. The SMILES string of the molecule is COc1ccc(CN2C(c3ccc4sccc4c3)=NOC23C2CC4CC3CN(C4)C2)c(OC)c1. The first-order valence-corrected chi connectivity index (χ1v) is 13.0. The Bertz CT molecular complexity index is 1260. The van der Waals surface area contributed by atoms with Gasteiger partial charge in [0.05, 0.1) is 20.8 Å². The van der Waals surface area contributed by atoms with Crippen molar-refractivity contribution in [3.05, 3.63) is 59.0 Å². The molecule has 2 unspecified atom stereocenters. The molecule has 2 aromatic carbocycles. The summed E-state index contributed by atoms with van der Waals surface area (Å²) in [5.74, 6) is 4.26. The van der Waals surface area contributed by atoms with Crippen LogP contribution in [-0.4, -0.2) is 55.2 Å². The molecular formula is C27H29N3O3S. The van der Waals surface area contributed by atoms with Gasteiger partial charge in [-0.1, -0.05) is 5.16 Å². The van der Waals surface area contributed by atoms with E-state index in [0.29, 0.717) is 18.4 Å². The molecule has 4 fully saturated rings. The van der Waals surface area contributed by atoms with Crippen LogP contribution in [0.4, 0.5) is 0 Å². The van der Waals surface area contributed by atoms with E-state index in [1.54, 1.807) is 25.6 Å². The number of benzene rings is 2. The van der Waals surface area contributed by atoms with Gasteiger partial charge in [0.2, 0.25) is 5.72 Å². The Morgan fingerprint density at radius 3 is 2.65 bits per heavy atom. The van der Waals surface area contributed by atoms with Gasteiger partial charge in [-0.3, -0.25) is 0 Å². The number of hydrogen-bond acceptors (Lipinski definition) is 7. The summed E-state index contributed by atoms with van der Waals surface area (Å²) in [7, 11) is 3.41. The van der Waals surface area contributed by atoms with Crippen molar-refractivity contribution in [3.63, 3.8) is 0 Å². The molecule has 2 atom stereocenters. The molecule has 0 radical (unpaired) electrons. The number of thiophene rings is 1. The number of methoxy groups -OCH3 is 2. The van der Waals surface area contributed by atoms with Gasteiger partial charge in [0.1, 0.15) is 11.5 Å². The molecule has 1 spiro atoms. The zero-order valence-corrected chi connectivity index (χ0v) is 20.4. The molecule has 8 rings (SSSR count). The van der Waals surface area contributed by atoms with Gasteiger partial charge < -0.3 is 24.1 Å². The molecular weight excluding hydrogens is 446 g/mol. The summed E-state index contributed by atoms with van der Waals surface area (Å²) < 4.78 is 12.5. The first-order valence-electron chi connectivity index (χ1n) is 12.1. The maximum atomic E-state index is 6.61. The van der Waals surface area contributed by atoms with Crippen LogP contribution in [-0.2, 0) is 11.4 Å². The van der Waals surface area contributed by atoms with E-state index in [4.69, 9.17) is 19.5 Å². The first kappa shape index (κ1) is 20.6. The van der Waals surface area contributed by atoms with Crippen LogP contribution in [0.2, 0.25) is 0 Å². The largest absolute Gasteiger partial charge is 0.497 e. The third-order valence-electron chi connectivity index (χ3n) is 8.37. The van der Waals surface area contributed by atoms with Gasteiger partial charge in [-0.2, -0.15) is 0 Å². The van der Waals surface area contributed by atoms with Crippen molar-refractivity contribution >= 4 is 27.3 Å². The predicted octanol–water partition coefficient (Wildman–Crippen LogP) is 4.78. The fraction of sp³-hybridized carbons (Fsp3) is 0.444. The second-order valence-corrected chi connectivity index (χ2v) is 11.1. The molecule has 3 aromatic rings. The molecule has 1 aromatic heterocycles. The molecule has 0 N–H and O–H groups in total. The molecule has 34 heavy (non-hydrogen) atoms. The fourth-order valence-electron chi connectivity index (χ4n) is 6.98. The van der Waals surface area contributed by atoms with Crippen LogP contribution in [0.5, 0.6) is 11.5 Å². The van der Waals surface area contributed by atoms with Gasteiger partial charge in [-0.25, -0.2) is 0 Å². The lowest BCUT2D eigenvalue weighted by molar-refractivity contribution is -0.251. The summed E-state index contributed by atoms with van der Waals surface area (Å²) in [4.78, 5) is 11.7. The molecule has 6 nitrogen and oxygen atoms in total. The van der Waals surface area contributed by atoms with Crippen LogP contribution in [0.15, 0.2) is 53.0 Å². The van der Waals surface area contributed by atoms with E-state index >= 15 is 0 Å². The molecule has 1 aliphatic carbocycles. The number of nitrogens with zero attached hydrogens (tertiary/aromatic N) is 3. The molecule has 5 heterocycles. The smallest absolute Gasteiger partial charge is 0.219 e. The van der Waals surface area contributed by atoms with Gasteiger partial charge >= 0.3 is 0 Å². The quantitative estimate of drug-likeness (QED) is 0.532. The highest BCUT2D eigenvalue weighted by molar-refractivity contribution is 7.17. The molecule has 7 heteroatoms. The summed E-state index contributed by atoms with van der Waals surface area (Å²) in [6.45, 7) is 4.12. The Morgan fingerprint density at radius 1 is 1.03 bits per heavy atom. The average Bonchev–Trinajstić information content (AvgIpc) is 3.47. The molecule has 1 saturated carbocycles. The van der Waals surface area contributed by atoms with Crippen LogP contribution in [0.25, 0.3) is 10.1 Å². The number of piperidine rings is 3. The molecule has 3 saturated heterocycles. The highest BCUT2D eigenvalue weighted by Crippen LogP contribution is 2.55. The van der Waals surface area contributed by atoms with Crippen molar-refractivity contribution in [1.29, 1.82) is 0 Å². The average molecular weight is 476 g/mol. The van der Waals surface area contributed by atoms with E-state index in [2.05, 4.69) is 45.5 Å². The van der Waals surface area contributed by atoms with Crippen LogP contribution < -0.4 is 9.47 Å². The Labute approximate surface area is 203 Å². The molecule has 0 amide bonds. The maximum absolute atomic E-state index is 6.61. The van der Waals surface area contributed by atoms with Crippen molar-refractivity contribution in [3.8, 4) is 11.5 Å². The fourth-order valence-corrected chi connectivity index (χ4v) is 7.75. The van der Waals surface area contributed by atoms with Gasteiger partial charge in [0.25, 0.3) is 0 Å². The van der Waals surface area contributed by atoms with Gasteiger partial charge in [-0.05, 0) is 65.9 Å². The molecule has 5 aliphatic rings. The maximum Gasteiger partial charge on any atom is 0.219 e. The van der Waals surface area contributed by atoms with Crippen LogP contribution in [0.1, 0.15) is 24.0 Å². The highest BCUT2D eigenvalue weighted by Gasteiger charge is 2.64. The lowest BCUT2D eigenvalue weighted by atomic mass is 9.62. The molecule has 4 bridgehead atoms. The van der Waals surface area contributed by atoms with Crippen molar-refractivity contribution in [2.24, 2.45) is 22.9 Å².